The number of benzene rings is 1. The highest BCUT2D eigenvalue weighted by molar-refractivity contribution is 5.81. The molecule has 1 fully saturated rings. The zero-order valence-corrected chi connectivity index (χ0v) is 11.9. The summed E-state index contributed by atoms with van der Waals surface area (Å²) < 4.78 is 0. The highest BCUT2D eigenvalue weighted by atomic mass is 15.2. The highest BCUT2D eigenvalue weighted by Crippen LogP contribution is 2.33. The number of hydrazine groups is 1. The van der Waals surface area contributed by atoms with Crippen LogP contribution in [0.5, 0.6) is 0 Å². The Morgan fingerprint density at radius 1 is 1.15 bits per heavy atom. The molecule has 0 aliphatic heterocycles. The molecular formula is C17H23N3. The Balaban J connectivity index is 1.86. The number of hydrogen-bond donors (Lipinski definition) is 2. The molecule has 1 aromatic carbocycles. The molecule has 0 saturated heterocycles. The zero-order valence-electron chi connectivity index (χ0n) is 11.9. The van der Waals surface area contributed by atoms with E-state index in [1.54, 1.807) is 0 Å². The lowest BCUT2D eigenvalue weighted by molar-refractivity contribution is 0.301. The minimum Gasteiger partial charge on any atom is -0.271 e. The van der Waals surface area contributed by atoms with Crippen LogP contribution in [0.1, 0.15) is 50.1 Å². The summed E-state index contributed by atoms with van der Waals surface area (Å²) >= 11 is 0. The van der Waals surface area contributed by atoms with E-state index in [0.29, 0.717) is 0 Å². The fourth-order valence-corrected chi connectivity index (χ4v) is 3.45. The lowest BCUT2D eigenvalue weighted by atomic mass is 9.83. The third-order valence-electron chi connectivity index (χ3n) is 4.53. The number of hydrogen-bond acceptors (Lipinski definition) is 3. The number of nitrogens with one attached hydrogen (secondary N) is 1. The van der Waals surface area contributed by atoms with Crippen molar-refractivity contribution in [3.8, 4) is 0 Å². The fourth-order valence-electron chi connectivity index (χ4n) is 3.45. The second-order valence-electron chi connectivity index (χ2n) is 5.88. The fraction of sp³-hybridized carbons (Fsp3) is 0.471. The van der Waals surface area contributed by atoms with Gasteiger partial charge in [0.05, 0.1) is 5.52 Å². The van der Waals surface area contributed by atoms with Crippen LogP contribution in [0.25, 0.3) is 10.9 Å². The topological polar surface area (TPSA) is 50.9 Å². The van der Waals surface area contributed by atoms with E-state index in [2.05, 4.69) is 34.7 Å². The Labute approximate surface area is 120 Å². The Kier molecular flexibility index (Phi) is 4.28. The molecule has 2 aromatic rings. The molecule has 3 rings (SSSR count). The van der Waals surface area contributed by atoms with Crippen molar-refractivity contribution < 1.29 is 0 Å². The van der Waals surface area contributed by atoms with E-state index in [-0.39, 0.29) is 6.04 Å². The minimum absolute atomic E-state index is 0.205. The van der Waals surface area contributed by atoms with Gasteiger partial charge in [0.2, 0.25) is 0 Å². The second kappa shape index (κ2) is 6.33. The van der Waals surface area contributed by atoms with Crippen LogP contribution in [0.15, 0.2) is 36.5 Å². The van der Waals surface area contributed by atoms with Gasteiger partial charge in [-0.05, 0) is 24.0 Å². The Hall–Kier alpha value is -1.45. The van der Waals surface area contributed by atoms with Crippen molar-refractivity contribution >= 4 is 10.9 Å². The predicted molar refractivity (Wildman–Crippen MR) is 83.0 cm³/mol. The molecule has 3 heteroatoms. The second-order valence-corrected chi connectivity index (χ2v) is 5.88. The molecular weight excluding hydrogens is 246 g/mol. The Bertz CT molecular complexity index is 556. The van der Waals surface area contributed by atoms with Crippen LogP contribution >= 0.6 is 0 Å². The van der Waals surface area contributed by atoms with Crippen molar-refractivity contribution in [1.29, 1.82) is 0 Å². The molecule has 1 aliphatic carbocycles. The number of fused-ring (bicyclic) bond motifs is 1. The van der Waals surface area contributed by atoms with Crippen LogP contribution in [0.3, 0.4) is 0 Å². The van der Waals surface area contributed by atoms with Crippen LogP contribution in [0.4, 0.5) is 0 Å². The van der Waals surface area contributed by atoms with E-state index >= 15 is 0 Å². The predicted octanol–water partition coefficient (Wildman–Crippen LogP) is 3.71. The largest absolute Gasteiger partial charge is 0.271 e. The number of nitrogens with zero attached hydrogens (tertiary/aromatic N) is 1. The van der Waals surface area contributed by atoms with E-state index in [1.165, 1.54) is 43.1 Å². The van der Waals surface area contributed by atoms with E-state index in [1.807, 2.05) is 12.3 Å². The molecule has 1 heterocycles. The van der Waals surface area contributed by atoms with Crippen molar-refractivity contribution in [3.63, 3.8) is 0 Å². The van der Waals surface area contributed by atoms with Gasteiger partial charge >= 0.3 is 0 Å². The molecule has 0 bridgehead atoms. The third-order valence-corrected chi connectivity index (χ3v) is 4.53. The summed E-state index contributed by atoms with van der Waals surface area (Å²) in [5, 5.41) is 1.19. The smallest absolute Gasteiger partial charge is 0.0750 e. The summed E-state index contributed by atoms with van der Waals surface area (Å²) in [6.45, 7) is 0. The zero-order chi connectivity index (χ0) is 13.8. The third kappa shape index (κ3) is 2.84. The maximum atomic E-state index is 5.84. The standard InChI is InChI=1S/C17H23N3/c18-20-16(12-13-6-2-1-3-7-13)15-10-4-8-14-9-5-11-19-17(14)15/h4-5,8-11,13,16,20H,1-3,6-7,12,18H2. The summed E-state index contributed by atoms with van der Waals surface area (Å²) in [6, 6.07) is 10.7. The first-order valence-corrected chi connectivity index (χ1v) is 7.68. The minimum atomic E-state index is 0.205. The number of aromatic nitrogens is 1. The molecule has 20 heavy (non-hydrogen) atoms. The summed E-state index contributed by atoms with van der Waals surface area (Å²) in [5.41, 5.74) is 5.33. The summed E-state index contributed by atoms with van der Waals surface area (Å²) in [4.78, 5) is 4.55. The molecule has 3 N–H and O–H groups in total. The van der Waals surface area contributed by atoms with Crippen LogP contribution in [-0.2, 0) is 0 Å². The SMILES string of the molecule is NNC(CC1CCCCC1)c1cccc2cccnc12. The van der Waals surface area contributed by atoms with Gasteiger partial charge in [0.15, 0.2) is 0 Å². The average Bonchev–Trinajstić information content (AvgIpc) is 2.53. The number of nitrogens with two attached hydrogens (primary N) is 1. The normalized spacial score (nSPS) is 18.2. The highest BCUT2D eigenvalue weighted by Gasteiger charge is 2.21. The van der Waals surface area contributed by atoms with Crippen LogP contribution in [0.2, 0.25) is 0 Å². The Morgan fingerprint density at radius 3 is 2.75 bits per heavy atom. The quantitative estimate of drug-likeness (QED) is 0.657. The van der Waals surface area contributed by atoms with Crippen molar-refractivity contribution in [1.82, 2.24) is 10.4 Å². The number of para-hydroxylation sites is 1. The Morgan fingerprint density at radius 2 is 1.95 bits per heavy atom. The van der Waals surface area contributed by atoms with Crippen molar-refractivity contribution in [2.45, 2.75) is 44.6 Å². The molecule has 1 atom stereocenters. The van der Waals surface area contributed by atoms with Crippen LogP contribution in [-0.4, -0.2) is 4.98 Å². The number of pyridine rings is 1. The maximum absolute atomic E-state index is 5.84. The van der Waals surface area contributed by atoms with Gasteiger partial charge in [-0.1, -0.05) is 56.4 Å². The van der Waals surface area contributed by atoms with Gasteiger partial charge in [0.1, 0.15) is 0 Å². The van der Waals surface area contributed by atoms with E-state index < -0.39 is 0 Å². The number of rotatable bonds is 4. The van der Waals surface area contributed by atoms with Gasteiger partial charge in [-0.2, -0.15) is 0 Å². The van der Waals surface area contributed by atoms with E-state index in [9.17, 15) is 0 Å². The van der Waals surface area contributed by atoms with Gasteiger partial charge in [0.25, 0.3) is 0 Å². The average molecular weight is 269 g/mol. The molecule has 106 valence electrons. The van der Waals surface area contributed by atoms with Gasteiger partial charge < -0.3 is 0 Å². The molecule has 0 radical (unpaired) electrons. The van der Waals surface area contributed by atoms with E-state index in [4.69, 9.17) is 5.84 Å². The van der Waals surface area contributed by atoms with Gasteiger partial charge in [-0.3, -0.25) is 16.3 Å². The molecule has 3 nitrogen and oxygen atoms in total. The van der Waals surface area contributed by atoms with Crippen LogP contribution < -0.4 is 11.3 Å². The van der Waals surface area contributed by atoms with Gasteiger partial charge in [-0.15, -0.1) is 0 Å². The molecule has 0 spiro atoms. The first-order valence-electron chi connectivity index (χ1n) is 7.68. The van der Waals surface area contributed by atoms with E-state index in [0.717, 1.165) is 17.9 Å². The maximum Gasteiger partial charge on any atom is 0.0750 e. The van der Waals surface area contributed by atoms with Gasteiger partial charge in [-0.25, -0.2) is 0 Å². The molecule has 1 aliphatic rings. The van der Waals surface area contributed by atoms with Gasteiger partial charge in [0, 0.05) is 17.6 Å². The molecule has 1 aromatic heterocycles. The van der Waals surface area contributed by atoms with Crippen molar-refractivity contribution in [2.24, 2.45) is 11.8 Å². The lowest BCUT2D eigenvalue weighted by Gasteiger charge is -2.26. The van der Waals surface area contributed by atoms with Crippen LogP contribution in [0, 0.1) is 5.92 Å². The summed E-state index contributed by atoms with van der Waals surface area (Å²) in [7, 11) is 0. The van der Waals surface area contributed by atoms with Crippen molar-refractivity contribution in [2.75, 3.05) is 0 Å². The summed E-state index contributed by atoms with van der Waals surface area (Å²) in [5.74, 6) is 6.63. The molecule has 0 amide bonds. The molecule has 1 unspecified atom stereocenters. The first kappa shape index (κ1) is 13.5. The summed E-state index contributed by atoms with van der Waals surface area (Å²) in [6.07, 6.45) is 9.80. The van der Waals surface area contributed by atoms with Crippen molar-refractivity contribution in [3.05, 3.63) is 42.1 Å². The monoisotopic (exact) mass is 269 g/mol. The molecule has 1 saturated carbocycles. The lowest BCUT2D eigenvalue weighted by Crippen LogP contribution is -2.30. The first-order chi connectivity index (χ1) is 9.88.